The van der Waals surface area contributed by atoms with Crippen LogP contribution in [-0.4, -0.2) is 67.7 Å². The zero-order valence-electron chi connectivity index (χ0n) is 19.8. The number of aromatic nitrogens is 4. The molecule has 3 aromatic heterocycles. The molecule has 0 spiro atoms. The van der Waals surface area contributed by atoms with Crippen LogP contribution in [0.1, 0.15) is 13.3 Å². The number of carbonyl (C=O) groups is 1. The zero-order chi connectivity index (χ0) is 25.2. The van der Waals surface area contributed by atoms with E-state index in [1.165, 1.54) is 6.92 Å². The molecular formula is C25H25ClN6O4. The third kappa shape index (κ3) is 4.77. The molecule has 11 heteroatoms. The Morgan fingerprint density at radius 2 is 2.11 bits per heavy atom. The van der Waals surface area contributed by atoms with E-state index in [4.69, 9.17) is 21.1 Å². The second-order valence-corrected chi connectivity index (χ2v) is 8.85. The Balaban J connectivity index is 1.33. The number of pyridine rings is 1. The first kappa shape index (κ1) is 23.8. The van der Waals surface area contributed by atoms with Crippen LogP contribution in [0.25, 0.3) is 17.0 Å². The summed E-state index contributed by atoms with van der Waals surface area (Å²) in [4.78, 5) is 27.0. The summed E-state index contributed by atoms with van der Waals surface area (Å²) in [6.45, 7) is 2.45. The van der Waals surface area contributed by atoms with Gasteiger partial charge in [0.1, 0.15) is 35.0 Å². The molecule has 1 fully saturated rings. The molecule has 1 saturated heterocycles. The molecule has 4 heterocycles. The minimum atomic E-state index is -1.02. The van der Waals surface area contributed by atoms with Crippen LogP contribution in [0.2, 0.25) is 5.02 Å². The Kier molecular flexibility index (Phi) is 6.62. The molecule has 1 aliphatic heterocycles. The molecule has 1 aliphatic rings. The highest BCUT2D eigenvalue weighted by molar-refractivity contribution is 6.32. The van der Waals surface area contributed by atoms with E-state index < -0.39 is 6.10 Å². The van der Waals surface area contributed by atoms with Crippen molar-refractivity contribution in [2.75, 3.05) is 25.5 Å². The summed E-state index contributed by atoms with van der Waals surface area (Å²) in [5.74, 6) is 1.20. The number of likely N-dealkylation sites (tertiary alicyclic amines) is 1. The average molecular weight is 509 g/mol. The monoisotopic (exact) mass is 508 g/mol. The Morgan fingerprint density at radius 1 is 1.25 bits per heavy atom. The van der Waals surface area contributed by atoms with E-state index in [0.29, 0.717) is 53.4 Å². The van der Waals surface area contributed by atoms with E-state index in [1.54, 1.807) is 30.5 Å². The van der Waals surface area contributed by atoms with Crippen LogP contribution in [-0.2, 0) is 4.79 Å². The predicted molar refractivity (Wildman–Crippen MR) is 135 cm³/mol. The minimum absolute atomic E-state index is 0.163. The first-order valence-corrected chi connectivity index (χ1v) is 11.8. The second kappa shape index (κ2) is 10.00. The third-order valence-corrected chi connectivity index (χ3v) is 6.22. The number of rotatable bonds is 7. The van der Waals surface area contributed by atoms with Crippen LogP contribution in [0.5, 0.6) is 11.5 Å². The SMILES string of the molecule is COc1cc(OC2CCN(C(=O)C(C)O)C2)ccc1Nc1ncc(Cl)c(-c2cnc3ccccn23)n1. The fraction of sp³-hybridized carbons (Fsp3) is 0.280. The lowest BCUT2D eigenvalue weighted by atomic mass is 10.2. The lowest BCUT2D eigenvalue weighted by Crippen LogP contribution is -2.37. The Hall–Kier alpha value is -3.89. The summed E-state index contributed by atoms with van der Waals surface area (Å²) >= 11 is 6.42. The number of fused-ring (bicyclic) bond motifs is 1. The molecule has 2 atom stereocenters. The number of amides is 1. The molecule has 10 nitrogen and oxygen atoms in total. The number of carbonyl (C=O) groups excluding carboxylic acids is 1. The quantitative estimate of drug-likeness (QED) is 0.389. The largest absolute Gasteiger partial charge is 0.494 e. The summed E-state index contributed by atoms with van der Waals surface area (Å²) < 4.78 is 13.5. The van der Waals surface area contributed by atoms with E-state index in [2.05, 4.69) is 20.3 Å². The molecule has 1 aromatic carbocycles. The number of nitrogens with zero attached hydrogens (tertiary/aromatic N) is 5. The molecule has 186 valence electrons. The summed E-state index contributed by atoms with van der Waals surface area (Å²) in [5.41, 5.74) is 2.73. The van der Waals surface area contributed by atoms with Crippen molar-refractivity contribution in [1.82, 2.24) is 24.3 Å². The molecule has 0 aliphatic carbocycles. The number of aliphatic hydroxyl groups excluding tert-OH is 1. The highest BCUT2D eigenvalue weighted by atomic mass is 35.5. The van der Waals surface area contributed by atoms with Crippen molar-refractivity contribution < 1.29 is 19.4 Å². The van der Waals surface area contributed by atoms with E-state index >= 15 is 0 Å². The smallest absolute Gasteiger partial charge is 0.251 e. The van der Waals surface area contributed by atoms with Crippen molar-refractivity contribution in [2.45, 2.75) is 25.6 Å². The number of halogens is 1. The van der Waals surface area contributed by atoms with Gasteiger partial charge in [0.05, 0.1) is 42.5 Å². The summed E-state index contributed by atoms with van der Waals surface area (Å²) in [5, 5.41) is 13.1. The van der Waals surface area contributed by atoms with Gasteiger partial charge in [-0.1, -0.05) is 17.7 Å². The van der Waals surface area contributed by atoms with E-state index in [-0.39, 0.29) is 12.0 Å². The van der Waals surface area contributed by atoms with Gasteiger partial charge >= 0.3 is 0 Å². The van der Waals surface area contributed by atoms with Gasteiger partial charge in [-0.25, -0.2) is 15.0 Å². The highest BCUT2D eigenvalue weighted by Crippen LogP contribution is 2.33. The fourth-order valence-corrected chi connectivity index (χ4v) is 4.35. The average Bonchev–Trinajstić information content (AvgIpc) is 3.53. The summed E-state index contributed by atoms with van der Waals surface area (Å²) in [7, 11) is 1.56. The van der Waals surface area contributed by atoms with Crippen molar-refractivity contribution >= 4 is 34.8 Å². The van der Waals surface area contributed by atoms with Gasteiger partial charge in [0, 0.05) is 25.2 Å². The van der Waals surface area contributed by atoms with E-state index in [1.807, 2.05) is 40.9 Å². The van der Waals surface area contributed by atoms with Crippen molar-refractivity contribution in [1.29, 1.82) is 0 Å². The van der Waals surface area contributed by atoms with Crippen LogP contribution in [0.3, 0.4) is 0 Å². The van der Waals surface area contributed by atoms with Gasteiger partial charge < -0.3 is 24.8 Å². The molecule has 36 heavy (non-hydrogen) atoms. The number of benzene rings is 1. The van der Waals surface area contributed by atoms with Crippen LogP contribution in [0.15, 0.2) is 55.0 Å². The molecule has 0 radical (unpaired) electrons. The first-order valence-electron chi connectivity index (χ1n) is 11.5. The molecule has 2 unspecified atom stereocenters. The maximum absolute atomic E-state index is 12.0. The Labute approximate surface area is 212 Å². The maximum atomic E-state index is 12.0. The van der Waals surface area contributed by atoms with Gasteiger partial charge in [0.25, 0.3) is 5.91 Å². The number of nitrogens with one attached hydrogen (secondary N) is 1. The number of aliphatic hydroxyl groups is 1. The molecular weight excluding hydrogens is 484 g/mol. The van der Waals surface area contributed by atoms with Crippen LogP contribution >= 0.6 is 11.6 Å². The van der Waals surface area contributed by atoms with Gasteiger partial charge in [-0.3, -0.25) is 9.20 Å². The van der Waals surface area contributed by atoms with E-state index in [0.717, 1.165) is 11.3 Å². The normalized spacial score (nSPS) is 16.2. The van der Waals surface area contributed by atoms with Gasteiger partial charge in [-0.2, -0.15) is 0 Å². The van der Waals surface area contributed by atoms with Crippen molar-refractivity contribution in [3.8, 4) is 22.9 Å². The van der Waals surface area contributed by atoms with Gasteiger partial charge in [-0.15, -0.1) is 0 Å². The predicted octanol–water partition coefficient (Wildman–Crippen LogP) is 3.56. The Bertz CT molecular complexity index is 1410. The highest BCUT2D eigenvalue weighted by Gasteiger charge is 2.29. The number of anilines is 2. The Morgan fingerprint density at radius 3 is 2.92 bits per heavy atom. The first-order chi connectivity index (χ1) is 17.4. The standard InChI is InChI=1S/C25H25ClN6O4/c1-15(33)24(34)31-10-8-17(14-31)36-16-6-7-19(21(11-16)35-2)29-25-28-12-18(26)23(30-25)20-13-27-22-5-3-4-9-32(20)22/h3-7,9,11-13,15,17,33H,8,10,14H2,1-2H3,(H,28,29,30). The van der Waals surface area contributed by atoms with E-state index in [9.17, 15) is 9.90 Å². The number of hydrogen-bond donors (Lipinski definition) is 2. The number of imidazole rings is 1. The summed E-state index contributed by atoms with van der Waals surface area (Å²) in [6.07, 6.45) is 4.67. The lowest BCUT2D eigenvalue weighted by molar-refractivity contribution is -0.138. The molecule has 5 rings (SSSR count). The number of ether oxygens (including phenoxy) is 2. The molecule has 4 aromatic rings. The van der Waals surface area contributed by atoms with Crippen molar-refractivity contribution in [3.05, 3.63) is 60.0 Å². The van der Waals surface area contributed by atoms with Gasteiger partial charge in [-0.05, 0) is 31.2 Å². The fourth-order valence-electron chi connectivity index (χ4n) is 4.16. The molecule has 0 bridgehead atoms. The molecule has 0 saturated carbocycles. The van der Waals surface area contributed by atoms with Crippen LogP contribution in [0.4, 0.5) is 11.6 Å². The minimum Gasteiger partial charge on any atom is -0.494 e. The van der Waals surface area contributed by atoms with Crippen molar-refractivity contribution in [3.63, 3.8) is 0 Å². The molecule has 1 amide bonds. The number of hydrogen-bond acceptors (Lipinski definition) is 8. The van der Waals surface area contributed by atoms with Gasteiger partial charge in [0.2, 0.25) is 5.95 Å². The van der Waals surface area contributed by atoms with Crippen LogP contribution in [0, 0.1) is 0 Å². The molecule has 2 N–H and O–H groups in total. The summed E-state index contributed by atoms with van der Waals surface area (Å²) in [6, 6.07) is 11.1. The van der Waals surface area contributed by atoms with Crippen LogP contribution < -0.4 is 14.8 Å². The lowest BCUT2D eigenvalue weighted by Gasteiger charge is -2.19. The van der Waals surface area contributed by atoms with Crippen molar-refractivity contribution in [2.24, 2.45) is 0 Å². The second-order valence-electron chi connectivity index (χ2n) is 8.44. The maximum Gasteiger partial charge on any atom is 0.251 e. The zero-order valence-corrected chi connectivity index (χ0v) is 20.5. The van der Waals surface area contributed by atoms with Gasteiger partial charge in [0.15, 0.2) is 0 Å². The number of methoxy groups -OCH3 is 1. The topological polar surface area (TPSA) is 114 Å². The third-order valence-electron chi connectivity index (χ3n) is 5.94.